The minimum absolute atomic E-state index is 0.0144. The molecule has 0 aliphatic rings. The van der Waals surface area contributed by atoms with Crippen LogP contribution in [0.2, 0.25) is 0 Å². The van der Waals surface area contributed by atoms with E-state index in [0.717, 1.165) is 15.5 Å². The first-order chi connectivity index (χ1) is 15.0. The van der Waals surface area contributed by atoms with Crippen LogP contribution in [0, 0.1) is 0 Å². The average molecular weight is 459 g/mol. The molecule has 0 radical (unpaired) electrons. The van der Waals surface area contributed by atoms with Gasteiger partial charge in [-0.3, -0.25) is 9.59 Å². The monoisotopic (exact) mass is 458 g/mol. The molecular formula is C22H22N2O5S2. The Labute approximate surface area is 188 Å². The number of hydrogen-bond acceptors (Lipinski definition) is 8. The molecule has 1 heterocycles. The highest BCUT2D eigenvalue weighted by atomic mass is 32.2. The lowest BCUT2D eigenvalue weighted by Gasteiger charge is -2.08. The van der Waals surface area contributed by atoms with Crippen molar-refractivity contribution in [1.82, 2.24) is 4.98 Å². The van der Waals surface area contributed by atoms with Gasteiger partial charge in [0.05, 0.1) is 26.3 Å². The smallest absolute Gasteiger partial charge is 0.312 e. The number of rotatable bonds is 9. The predicted molar refractivity (Wildman–Crippen MR) is 122 cm³/mol. The van der Waals surface area contributed by atoms with E-state index in [2.05, 4.69) is 10.3 Å². The molecule has 3 aromatic rings. The van der Waals surface area contributed by atoms with Gasteiger partial charge in [-0.1, -0.05) is 0 Å². The van der Waals surface area contributed by atoms with Crippen molar-refractivity contribution >= 4 is 40.7 Å². The minimum atomic E-state index is -0.517. The van der Waals surface area contributed by atoms with Gasteiger partial charge < -0.3 is 19.5 Å². The number of nitrogens with one attached hydrogen (secondary N) is 1. The summed E-state index contributed by atoms with van der Waals surface area (Å²) in [6.07, 6.45) is 1.96. The van der Waals surface area contributed by atoms with E-state index in [-0.39, 0.29) is 13.0 Å². The van der Waals surface area contributed by atoms with E-state index in [9.17, 15) is 9.59 Å². The number of ether oxygens (including phenoxy) is 3. The fourth-order valence-electron chi connectivity index (χ4n) is 2.71. The normalized spacial score (nSPS) is 10.4. The standard InChI is InChI=1S/C22H22N2O5S2/c1-27-18-9-4-14(10-19(18)28-2)22-24-16(13-31-22)11-21(26)29-12-20(25)23-15-5-7-17(30-3)8-6-15/h4-10,13H,11-12H2,1-3H3,(H,23,25). The maximum Gasteiger partial charge on any atom is 0.312 e. The van der Waals surface area contributed by atoms with Gasteiger partial charge in [0.2, 0.25) is 0 Å². The minimum Gasteiger partial charge on any atom is -0.493 e. The van der Waals surface area contributed by atoms with Crippen LogP contribution in [-0.2, 0) is 20.7 Å². The van der Waals surface area contributed by atoms with Crippen molar-refractivity contribution in [1.29, 1.82) is 0 Å². The van der Waals surface area contributed by atoms with Gasteiger partial charge in [0.25, 0.3) is 5.91 Å². The lowest BCUT2D eigenvalue weighted by Crippen LogP contribution is -2.21. The zero-order chi connectivity index (χ0) is 22.2. The van der Waals surface area contributed by atoms with Gasteiger partial charge in [-0.05, 0) is 48.7 Å². The number of esters is 1. The Kier molecular flexibility index (Phi) is 7.91. The number of aromatic nitrogens is 1. The average Bonchev–Trinajstić information content (AvgIpc) is 3.26. The molecule has 3 rings (SSSR count). The summed E-state index contributed by atoms with van der Waals surface area (Å²) in [7, 11) is 3.15. The summed E-state index contributed by atoms with van der Waals surface area (Å²) in [5, 5.41) is 5.23. The lowest BCUT2D eigenvalue weighted by molar-refractivity contribution is -0.146. The van der Waals surface area contributed by atoms with Crippen LogP contribution < -0.4 is 14.8 Å². The summed E-state index contributed by atoms with van der Waals surface area (Å²) in [5.41, 5.74) is 2.08. The number of thiazole rings is 1. The first-order valence-corrected chi connectivity index (χ1v) is 11.4. The zero-order valence-corrected chi connectivity index (χ0v) is 19.0. The zero-order valence-electron chi connectivity index (χ0n) is 17.3. The molecule has 7 nitrogen and oxygen atoms in total. The van der Waals surface area contributed by atoms with Gasteiger partial charge in [-0.15, -0.1) is 23.1 Å². The number of carbonyl (C=O) groups excluding carboxylic acids is 2. The van der Waals surface area contributed by atoms with Gasteiger partial charge in [0.1, 0.15) is 5.01 Å². The molecule has 0 unspecified atom stereocenters. The summed E-state index contributed by atoms with van der Waals surface area (Å²) in [4.78, 5) is 29.7. The van der Waals surface area contributed by atoms with Crippen molar-refractivity contribution in [2.24, 2.45) is 0 Å². The first-order valence-electron chi connectivity index (χ1n) is 9.28. The van der Waals surface area contributed by atoms with E-state index < -0.39 is 11.9 Å². The van der Waals surface area contributed by atoms with Crippen LogP contribution >= 0.6 is 23.1 Å². The molecule has 162 valence electrons. The molecule has 1 N–H and O–H groups in total. The fraction of sp³-hybridized carbons (Fsp3) is 0.227. The largest absolute Gasteiger partial charge is 0.493 e. The van der Waals surface area contributed by atoms with Crippen LogP contribution in [0.25, 0.3) is 10.6 Å². The molecule has 0 fully saturated rings. The van der Waals surface area contributed by atoms with Crippen molar-refractivity contribution in [2.75, 3.05) is 32.4 Å². The van der Waals surface area contributed by atoms with Crippen LogP contribution in [0.5, 0.6) is 11.5 Å². The van der Waals surface area contributed by atoms with E-state index in [1.165, 1.54) is 11.3 Å². The highest BCUT2D eigenvalue weighted by molar-refractivity contribution is 7.98. The topological polar surface area (TPSA) is 86.8 Å². The van der Waals surface area contributed by atoms with Crippen molar-refractivity contribution in [2.45, 2.75) is 11.3 Å². The molecule has 0 aliphatic heterocycles. The SMILES string of the molecule is COc1ccc(-c2nc(CC(=O)OCC(=O)Nc3ccc(SC)cc3)cs2)cc1OC. The third-order valence-corrected chi connectivity index (χ3v) is 5.93. The second kappa shape index (κ2) is 10.8. The molecule has 31 heavy (non-hydrogen) atoms. The lowest BCUT2D eigenvalue weighted by atomic mass is 10.2. The summed E-state index contributed by atoms with van der Waals surface area (Å²) >= 11 is 3.03. The second-order valence-electron chi connectivity index (χ2n) is 6.33. The summed E-state index contributed by atoms with van der Waals surface area (Å²) in [6, 6.07) is 12.9. The summed E-state index contributed by atoms with van der Waals surface area (Å²) in [5.74, 6) is 0.321. The van der Waals surface area contributed by atoms with Crippen LogP contribution in [0.15, 0.2) is 52.7 Å². The quantitative estimate of drug-likeness (QED) is 0.378. The number of thioether (sulfide) groups is 1. The van der Waals surface area contributed by atoms with Gasteiger partial charge in [-0.2, -0.15) is 0 Å². The molecular weight excluding hydrogens is 436 g/mol. The van der Waals surface area contributed by atoms with E-state index in [1.807, 2.05) is 30.5 Å². The van der Waals surface area contributed by atoms with Gasteiger partial charge in [0, 0.05) is 21.5 Å². The maximum atomic E-state index is 12.1. The number of carbonyl (C=O) groups is 2. The van der Waals surface area contributed by atoms with Gasteiger partial charge >= 0.3 is 5.97 Å². The predicted octanol–water partition coefficient (Wildman–Crippen LogP) is 4.27. The van der Waals surface area contributed by atoms with Crippen LogP contribution in [0.3, 0.4) is 0 Å². The van der Waals surface area contributed by atoms with E-state index >= 15 is 0 Å². The van der Waals surface area contributed by atoms with E-state index in [0.29, 0.717) is 22.9 Å². The summed E-state index contributed by atoms with van der Waals surface area (Å²) < 4.78 is 15.6. The Bertz CT molecular complexity index is 1050. The molecule has 1 aromatic heterocycles. The molecule has 2 aromatic carbocycles. The Balaban J connectivity index is 1.52. The summed E-state index contributed by atoms with van der Waals surface area (Å²) in [6.45, 7) is -0.351. The fourth-order valence-corrected chi connectivity index (χ4v) is 3.93. The molecule has 0 bridgehead atoms. The molecule has 0 saturated heterocycles. The van der Waals surface area contributed by atoms with Crippen LogP contribution in [0.4, 0.5) is 5.69 Å². The van der Waals surface area contributed by atoms with Crippen LogP contribution in [0.1, 0.15) is 5.69 Å². The van der Waals surface area contributed by atoms with Crippen molar-refractivity contribution in [3.63, 3.8) is 0 Å². The number of nitrogens with zero attached hydrogens (tertiary/aromatic N) is 1. The third kappa shape index (κ3) is 6.22. The number of amides is 1. The number of methoxy groups -OCH3 is 2. The Morgan fingerprint density at radius 1 is 1.06 bits per heavy atom. The highest BCUT2D eigenvalue weighted by Gasteiger charge is 2.14. The second-order valence-corrected chi connectivity index (χ2v) is 8.07. The maximum absolute atomic E-state index is 12.1. The van der Waals surface area contributed by atoms with Crippen molar-refractivity contribution in [3.05, 3.63) is 53.5 Å². The molecule has 0 aliphatic carbocycles. The molecule has 0 saturated carbocycles. The Morgan fingerprint density at radius 3 is 2.48 bits per heavy atom. The third-order valence-electron chi connectivity index (χ3n) is 4.25. The van der Waals surface area contributed by atoms with Gasteiger partial charge in [0.15, 0.2) is 18.1 Å². The molecule has 1 amide bonds. The van der Waals surface area contributed by atoms with Crippen molar-refractivity contribution < 1.29 is 23.8 Å². The molecule has 0 atom stereocenters. The number of hydrogen-bond donors (Lipinski definition) is 1. The molecule has 9 heteroatoms. The Hall–Kier alpha value is -3.04. The molecule has 0 spiro atoms. The van der Waals surface area contributed by atoms with Gasteiger partial charge in [-0.25, -0.2) is 4.98 Å². The van der Waals surface area contributed by atoms with Crippen molar-refractivity contribution in [3.8, 4) is 22.1 Å². The van der Waals surface area contributed by atoms with E-state index in [1.54, 1.807) is 49.6 Å². The Morgan fingerprint density at radius 2 is 1.81 bits per heavy atom. The number of anilines is 1. The number of benzene rings is 2. The highest BCUT2D eigenvalue weighted by Crippen LogP contribution is 2.33. The first kappa shape index (κ1) is 22.6. The van der Waals surface area contributed by atoms with E-state index in [4.69, 9.17) is 14.2 Å². The van der Waals surface area contributed by atoms with Crippen LogP contribution in [-0.4, -0.2) is 43.9 Å².